The Balaban J connectivity index is 0.00000208. The maximum atomic E-state index is 4.86. The number of nitrogens with one attached hydrogen (secondary N) is 2. The van der Waals surface area contributed by atoms with Crippen LogP contribution in [0, 0.1) is 12.8 Å². The number of aryl methyl sites for hydroxylation is 2. The largest absolute Gasteiger partial charge is 0.357 e. The van der Waals surface area contributed by atoms with Crippen molar-refractivity contribution in [1.29, 1.82) is 0 Å². The van der Waals surface area contributed by atoms with E-state index < -0.39 is 0 Å². The van der Waals surface area contributed by atoms with E-state index in [2.05, 4.69) is 32.3 Å². The Morgan fingerprint density at radius 1 is 1.21 bits per heavy atom. The third-order valence-corrected chi connectivity index (χ3v) is 5.03. The van der Waals surface area contributed by atoms with E-state index in [4.69, 9.17) is 4.99 Å². The molecule has 0 saturated heterocycles. The van der Waals surface area contributed by atoms with Crippen molar-refractivity contribution in [3.05, 3.63) is 11.6 Å². The second-order valence-electron chi connectivity index (χ2n) is 6.88. The zero-order valence-corrected chi connectivity index (χ0v) is 17.3. The highest BCUT2D eigenvalue weighted by Gasteiger charge is 2.21. The topological polar surface area (TPSA) is 67.1 Å². The van der Waals surface area contributed by atoms with Crippen LogP contribution in [0.25, 0.3) is 0 Å². The van der Waals surface area contributed by atoms with Gasteiger partial charge in [-0.05, 0) is 39.0 Å². The van der Waals surface area contributed by atoms with Gasteiger partial charge in [0.25, 0.3) is 0 Å². The van der Waals surface area contributed by atoms with Crippen LogP contribution < -0.4 is 10.6 Å². The van der Waals surface area contributed by atoms with Gasteiger partial charge in [-0.2, -0.15) is 0 Å². The van der Waals surface area contributed by atoms with E-state index in [1.807, 2.05) is 6.92 Å². The lowest BCUT2D eigenvalue weighted by molar-refractivity contribution is 0.368. The highest BCUT2D eigenvalue weighted by Crippen LogP contribution is 2.20. The predicted octanol–water partition coefficient (Wildman–Crippen LogP) is 2.65. The summed E-state index contributed by atoms with van der Waals surface area (Å²) in [5.41, 5.74) is 0. The number of fused-ring (bicyclic) bond motifs is 1. The molecule has 24 heavy (non-hydrogen) atoms. The van der Waals surface area contributed by atoms with Gasteiger partial charge in [0.15, 0.2) is 5.96 Å². The number of guanidine groups is 1. The molecule has 2 aliphatic rings. The van der Waals surface area contributed by atoms with Crippen LogP contribution >= 0.6 is 24.0 Å². The average molecular weight is 446 g/mol. The third-order valence-electron chi connectivity index (χ3n) is 5.03. The molecule has 0 spiro atoms. The van der Waals surface area contributed by atoms with Gasteiger partial charge < -0.3 is 15.2 Å². The highest BCUT2D eigenvalue weighted by molar-refractivity contribution is 14.0. The van der Waals surface area contributed by atoms with Crippen LogP contribution in [-0.2, 0) is 13.0 Å². The van der Waals surface area contributed by atoms with E-state index in [9.17, 15) is 0 Å². The minimum Gasteiger partial charge on any atom is -0.357 e. The van der Waals surface area contributed by atoms with Gasteiger partial charge in [-0.15, -0.1) is 34.2 Å². The van der Waals surface area contributed by atoms with Gasteiger partial charge in [-0.1, -0.05) is 19.3 Å². The first kappa shape index (κ1) is 19.5. The lowest BCUT2D eigenvalue weighted by Gasteiger charge is -2.26. The summed E-state index contributed by atoms with van der Waals surface area (Å²) in [7, 11) is 0. The Labute approximate surface area is 162 Å². The van der Waals surface area contributed by atoms with Crippen LogP contribution in [0.5, 0.6) is 0 Å². The van der Waals surface area contributed by atoms with E-state index >= 15 is 0 Å². The van der Waals surface area contributed by atoms with E-state index in [0.717, 1.165) is 50.1 Å². The van der Waals surface area contributed by atoms with Crippen LogP contribution in [0.3, 0.4) is 0 Å². The normalized spacial score (nSPS) is 21.8. The van der Waals surface area contributed by atoms with E-state index in [0.29, 0.717) is 12.0 Å². The number of aliphatic imine (C=N–C) groups is 1. The minimum atomic E-state index is 0. The first-order valence-corrected chi connectivity index (χ1v) is 9.19. The molecule has 1 saturated carbocycles. The van der Waals surface area contributed by atoms with Gasteiger partial charge in [0.2, 0.25) is 0 Å². The molecule has 2 N–H and O–H groups in total. The van der Waals surface area contributed by atoms with Crippen molar-refractivity contribution in [2.45, 2.75) is 71.4 Å². The molecule has 1 atom stereocenters. The molecule has 1 aliphatic carbocycles. The number of rotatable bonds is 4. The molecule has 1 aromatic heterocycles. The van der Waals surface area contributed by atoms with Crippen molar-refractivity contribution in [3.63, 3.8) is 0 Å². The number of nitrogens with zero attached hydrogens (tertiary/aromatic N) is 4. The molecule has 1 aromatic rings. The number of hydrogen-bond donors (Lipinski definition) is 2. The van der Waals surface area contributed by atoms with Crippen molar-refractivity contribution >= 4 is 29.9 Å². The van der Waals surface area contributed by atoms with Gasteiger partial charge >= 0.3 is 0 Å². The first-order chi connectivity index (χ1) is 11.3. The zero-order chi connectivity index (χ0) is 16.1. The molecule has 1 fully saturated rings. The predicted molar refractivity (Wildman–Crippen MR) is 108 cm³/mol. The van der Waals surface area contributed by atoms with Crippen molar-refractivity contribution < 1.29 is 0 Å². The van der Waals surface area contributed by atoms with Crippen LogP contribution in [0.15, 0.2) is 4.99 Å². The monoisotopic (exact) mass is 446 g/mol. The Kier molecular flexibility index (Phi) is 7.77. The standard InChI is InChI=1S/C17H30N6.HI/c1-3-18-17(20-15-7-5-4-6-8-15)19-11-14-9-10-16-22-21-13(2)23(16)12-14;/h14-15H,3-12H2,1-2H3,(H2,18,19,20);1H. The summed E-state index contributed by atoms with van der Waals surface area (Å²) in [6.07, 6.45) is 8.80. The molecule has 6 nitrogen and oxygen atoms in total. The van der Waals surface area contributed by atoms with Gasteiger partial charge in [0, 0.05) is 32.1 Å². The molecule has 2 heterocycles. The smallest absolute Gasteiger partial charge is 0.191 e. The summed E-state index contributed by atoms with van der Waals surface area (Å²) in [5, 5.41) is 15.5. The summed E-state index contributed by atoms with van der Waals surface area (Å²) in [6, 6.07) is 0.597. The van der Waals surface area contributed by atoms with E-state index in [1.54, 1.807) is 0 Å². The third kappa shape index (κ3) is 5.07. The van der Waals surface area contributed by atoms with Gasteiger partial charge in [0.05, 0.1) is 0 Å². The molecule has 1 unspecified atom stereocenters. The summed E-state index contributed by atoms with van der Waals surface area (Å²) in [5.74, 6) is 3.74. The number of aromatic nitrogens is 3. The van der Waals surface area contributed by atoms with Gasteiger partial charge in [-0.3, -0.25) is 4.99 Å². The molecule has 0 amide bonds. The average Bonchev–Trinajstić information content (AvgIpc) is 2.95. The molecule has 1 aliphatic heterocycles. The molecular formula is C17H31IN6. The summed E-state index contributed by atoms with van der Waals surface area (Å²) in [4.78, 5) is 4.86. The van der Waals surface area contributed by atoms with Crippen LogP contribution in [0.2, 0.25) is 0 Å². The summed E-state index contributed by atoms with van der Waals surface area (Å²) >= 11 is 0. The Hall–Kier alpha value is -0.860. The Morgan fingerprint density at radius 3 is 2.75 bits per heavy atom. The fourth-order valence-corrected chi connectivity index (χ4v) is 3.66. The minimum absolute atomic E-state index is 0. The summed E-state index contributed by atoms with van der Waals surface area (Å²) < 4.78 is 2.26. The lowest BCUT2D eigenvalue weighted by Crippen LogP contribution is -2.44. The maximum Gasteiger partial charge on any atom is 0.191 e. The van der Waals surface area contributed by atoms with Crippen molar-refractivity contribution in [2.24, 2.45) is 10.9 Å². The van der Waals surface area contributed by atoms with Crippen LogP contribution in [0.1, 0.15) is 57.1 Å². The van der Waals surface area contributed by atoms with E-state index in [-0.39, 0.29) is 24.0 Å². The number of halogens is 1. The fourth-order valence-electron chi connectivity index (χ4n) is 3.66. The van der Waals surface area contributed by atoms with Gasteiger partial charge in [0.1, 0.15) is 11.6 Å². The van der Waals surface area contributed by atoms with E-state index in [1.165, 1.54) is 32.1 Å². The zero-order valence-electron chi connectivity index (χ0n) is 14.9. The highest BCUT2D eigenvalue weighted by atomic mass is 127. The molecule has 0 radical (unpaired) electrons. The number of hydrogen-bond acceptors (Lipinski definition) is 3. The lowest BCUT2D eigenvalue weighted by atomic mass is 9.96. The Morgan fingerprint density at radius 2 is 2.00 bits per heavy atom. The molecule has 0 bridgehead atoms. The van der Waals surface area contributed by atoms with Crippen molar-refractivity contribution in [1.82, 2.24) is 25.4 Å². The molecule has 0 aromatic carbocycles. The Bertz CT molecular complexity index is 535. The van der Waals surface area contributed by atoms with Crippen molar-refractivity contribution in [3.8, 4) is 0 Å². The van der Waals surface area contributed by atoms with Crippen LogP contribution in [0.4, 0.5) is 0 Å². The SMILES string of the molecule is CCNC(=NCC1CCc2nnc(C)n2C1)NC1CCCCC1.I. The fraction of sp³-hybridized carbons (Fsp3) is 0.824. The molecule has 7 heteroatoms. The second kappa shape index (κ2) is 9.58. The molecular weight excluding hydrogens is 415 g/mol. The summed E-state index contributed by atoms with van der Waals surface area (Å²) in [6.45, 7) is 6.96. The first-order valence-electron chi connectivity index (χ1n) is 9.19. The van der Waals surface area contributed by atoms with Gasteiger partial charge in [-0.25, -0.2) is 0 Å². The molecule has 136 valence electrons. The van der Waals surface area contributed by atoms with Crippen molar-refractivity contribution in [2.75, 3.05) is 13.1 Å². The maximum absolute atomic E-state index is 4.86. The molecule has 3 rings (SSSR count). The second-order valence-corrected chi connectivity index (χ2v) is 6.88. The quantitative estimate of drug-likeness (QED) is 0.424. The van der Waals surface area contributed by atoms with Crippen LogP contribution in [-0.4, -0.2) is 39.9 Å².